The van der Waals surface area contributed by atoms with Crippen molar-refractivity contribution in [2.75, 3.05) is 26.2 Å². The van der Waals surface area contributed by atoms with E-state index in [1.54, 1.807) is 4.68 Å². The van der Waals surface area contributed by atoms with E-state index in [1.165, 1.54) is 19.3 Å². The topological polar surface area (TPSA) is 54.3 Å². The van der Waals surface area contributed by atoms with Gasteiger partial charge in [-0.25, -0.2) is 0 Å². The van der Waals surface area contributed by atoms with Crippen LogP contribution >= 0.6 is 0 Å². The number of carbonyl (C=O) groups is 1. The van der Waals surface area contributed by atoms with Crippen LogP contribution in [-0.4, -0.2) is 56.7 Å². The normalized spacial score (nSPS) is 23.7. The van der Waals surface area contributed by atoms with Crippen LogP contribution in [0.5, 0.6) is 0 Å². The molecule has 2 fully saturated rings. The molecule has 2 saturated heterocycles. The van der Waals surface area contributed by atoms with Crippen molar-refractivity contribution in [3.05, 3.63) is 47.5 Å². The summed E-state index contributed by atoms with van der Waals surface area (Å²) in [5.74, 6) is 0.140. The first-order valence-corrected chi connectivity index (χ1v) is 9.96. The second-order valence-corrected chi connectivity index (χ2v) is 8.27. The molecule has 2 aromatic rings. The van der Waals surface area contributed by atoms with Gasteiger partial charge in [0, 0.05) is 51.0 Å². The lowest BCUT2D eigenvalue weighted by atomic mass is 9.73. The second-order valence-electron chi connectivity index (χ2n) is 8.27. The quantitative estimate of drug-likeness (QED) is 0.837. The fourth-order valence-corrected chi connectivity index (χ4v) is 4.86. The Bertz CT molecular complexity index is 798. The predicted molar refractivity (Wildman–Crippen MR) is 104 cm³/mol. The van der Waals surface area contributed by atoms with Crippen LogP contribution in [-0.2, 0) is 13.6 Å². The van der Waals surface area contributed by atoms with E-state index >= 15 is 0 Å². The molecule has 2 aliphatic heterocycles. The minimum absolute atomic E-state index is 0.140. The number of rotatable bonds is 3. The smallest absolute Gasteiger partial charge is 0.257 e. The highest BCUT2D eigenvalue weighted by molar-refractivity contribution is 5.95. The van der Waals surface area contributed by atoms with Crippen LogP contribution in [0.4, 0.5) is 0 Å². The molecule has 27 heavy (non-hydrogen) atoms. The van der Waals surface area contributed by atoms with Crippen molar-refractivity contribution in [3.8, 4) is 0 Å². The predicted octanol–water partition coefficient (Wildman–Crippen LogP) is 2.64. The molecular weight excluding hydrogens is 338 g/mol. The van der Waals surface area contributed by atoms with E-state index in [2.05, 4.69) is 32.0 Å². The summed E-state index contributed by atoms with van der Waals surface area (Å²) in [6, 6.07) is 6.12. The Kier molecular flexibility index (Phi) is 5.00. The van der Waals surface area contributed by atoms with Crippen molar-refractivity contribution in [2.24, 2.45) is 12.5 Å². The minimum Gasteiger partial charge on any atom is -0.338 e. The van der Waals surface area contributed by atoms with Gasteiger partial charge in [0.05, 0.1) is 17.0 Å². The molecule has 0 bridgehead atoms. The third-order valence-corrected chi connectivity index (χ3v) is 6.04. The number of likely N-dealkylation sites (tertiary alicyclic amines) is 2. The van der Waals surface area contributed by atoms with Crippen LogP contribution in [0, 0.1) is 12.3 Å². The lowest BCUT2D eigenvalue weighted by Gasteiger charge is -2.48. The summed E-state index contributed by atoms with van der Waals surface area (Å²) >= 11 is 0. The Morgan fingerprint density at radius 3 is 2.70 bits per heavy atom. The lowest BCUT2D eigenvalue weighted by molar-refractivity contribution is 0.0110. The maximum absolute atomic E-state index is 13.1. The van der Waals surface area contributed by atoms with Crippen LogP contribution in [0.3, 0.4) is 0 Å². The molecule has 1 unspecified atom stereocenters. The van der Waals surface area contributed by atoms with Gasteiger partial charge in [0.15, 0.2) is 0 Å². The van der Waals surface area contributed by atoms with Gasteiger partial charge in [-0.2, -0.15) is 5.10 Å². The first-order valence-electron chi connectivity index (χ1n) is 9.96. The van der Waals surface area contributed by atoms with Gasteiger partial charge in [0.2, 0.25) is 0 Å². The number of pyridine rings is 1. The van der Waals surface area contributed by atoms with Gasteiger partial charge in [0.1, 0.15) is 0 Å². The van der Waals surface area contributed by atoms with Crippen LogP contribution in [0.1, 0.15) is 47.4 Å². The Balaban J connectivity index is 1.46. The monoisotopic (exact) mass is 367 g/mol. The highest BCUT2D eigenvalue weighted by Gasteiger charge is 2.40. The molecule has 6 nitrogen and oxygen atoms in total. The number of carbonyl (C=O) groups excluding carboxylic acids is 1. The van der Waals surface area contributed by atoms with E-state index in [-0.39, 0.29) is 11.3 Å². The molecule has 2 aromatic heterocycles. The highest BCUT2D eigenvalue weighted by Crippen LogP contribution is 2.39. The fourth-order valence-electron chi connectivity index (χ4n) is 4.86. The van der Waals surface area contributed by atoms with Crippen LogP contribution in [0.2, 0.25) is 0 Å². The van der Waals surface area contributed by atoms with Gasteiger partial charge in [0.25, 0.3) is 5.91 Å². The summed E-state index contributed by atoms with van der Waals surface area (Å²) in [5, 5.41) is 4.34. The van der Waals surface area contributed by atoms with Gasteiger partial charge >= 0.3 is 0 Å². The standard InChI is InChI=1S/C21H29N5O/c1-17-19(14-24(2)23-17)20(27)26-12-6-9-21(16-26)8-5-11-25(15-21)13-18-7-3-4-10-22-18/h3-4,7,10,14H,5-6,8-9,11-13,15-16H2,1-2H3. The minimum atomic E-state index is 0.140. The van der Waals surface area contributed by atoms with Crippen molar-refractivity contribution in [1.29, 1.82) is 0 Å². The summed E-state index contributed by atoms with van der Waals surface area (Å²) in [5.41, 5.74) is 2.92. The summed E-state index contributed by atoms with van der Waals surface area (Å²) < 4.78 is 1.73. The van der Waals surface area contributed by atoms with Gasteiger partial charge in [-0.3, -0.25) is 19.4 Å². The summed E-state index contributed by atoms with van der Waals surface area (Å²) in [6.45, 7) is 6.71. The molecule has 1 amide bonds. The molecule has 1 spiro atoms. The van der Waals surface area contributed by atoms with Gasteiger partial charge in [-0.1, -0.05) is 6.07 Å². The van der Waals surface area contributed by atoms with Crippen molar-refractivity contribution in [3.63, 3.8) is 0 Å². The van der Waals surface area contributed by atoms with E-state index in [9.17, 15) is 4.79 Å². The number of piperidine rings is 2. The molecule has 6 heteroatoms. The zero-order chi connectivity index (χ0) is 18.9. The van der Waals surface area contributed by atoms with Crippen molar-refractivity contribution < 1.29 is 4.79 Å². The lowest BCUT2D eigenvalue weighted by Crippen LogP contribution is -2.53. The molecule has 0 aromatic carbocycles. The number of aromatic nitrogens is 3. The molecule has 144 valence electrons. The molecule has 2 aliphatic rings. The summed E-state index contributed by atoms with van der Waals surface area (Å²) in [6.07, 6.45) is 8.42. The zero-order valence-electron chi connectivity index (χ0n) is 16.4. The van der Waals surface area contributed by atoms with E-state index in [1.807, 2.05) is 32.4 Å². The van der Waals surface area contributed by atoms with Crippen LogP contribution in [0.15, 0.2) is 30.6 Å². The number of hydrogen-bond donors (Lipinski definition) is 0. The summed E-state index contributed by atoms with van der Waals surface area (Å²) in [4.78, 5) is 22.2. The molecule has 0 N–H and O–H groups in total. The Morgan fingerprint density at radius 2 is 2.00 bits per heavy atom. The summed E-state index contributed by atoms with van der Waals surface area (Å²) in [7, 11) is 1.87. The van der Waals surface area contributed by atoms with Gasteiger partial charge in [-0.15, -0.1) is 0 Å². The maximum Gasteiger partial charge on any atom is 0.257 e. The Morgan fingerprint density at radius 1 is 1.19 bits per heavy atom. The molecule has 0 aliphatic carbocycles. The first kappa shape index (κ1) is 18.2. The largest absolute Gasteiger partial charge is 0.338 e. The number of amides is 1. The molecular formula is C21H29N5O. The Hall–Kier alpha value is -2.21. The maximum atomic E-state index is 13.1. The molecule has 0 radical (unpaired) electrons. The molecule has 1 atom stereocenters. The van der Waals surface area contributed by atoms with Crippen LogP contribution in [0.25, 0.3) is 0 Å². The number of hydrogen-bond acceptors (Lipinski definition) is 4. The number of aryl methyl sites for hydroxylation is 2. The third-order valence-electron chi connectivity index (χ3n) is 6.04. The average Bonchev–Trinajstić information content (AvgIpc) is 3.00. The van der Waals surface area contributed by atoms with Crippen LogP contribution < -0.4 is 0 Å². The molecule has 0 saturated carbocycles. The van der Waals surface area contributed by atoms with Crippen molar-refractivity contribution in [2.45, 2.75) is 39.2 Å². The zero-order valence-corrected chi connectivity index (χ0v) is 16.4. The van der Waals surface area contributed by atoms with Crippen molar-refractivity contribution >= 4 is 5.91 Å². The molecule has 4 rings (SSSR count). The fraction of sp³-hybridized carbons (Fsp3) is 0.571. The SMILES string of the molecule is Cc1nn(C)cc1C(=O)N1CCCC2(CCCN(Cc3ccccn3)C2)C1. The van der Waals surface area contributed by atoms with E-state index < -0.39 is 0 Å². The highest BCUT2D eigenvalue weighted by atomic mass is 16.2. The first-order chi connectivity index (χ1) is 13.0. The van der Waals surface area contributed by atoms with Crippen molar-refractivity contribution in [1.82, 2.24) is 24.6 Å². The van der Waals surface area contributed by atoms with E-state index in [0.29, 0.717) is 0 Å². The van der Waals surface area contributed by atoms with Gasteiger partial charge in [-0.05, 0) is 51.3 Å². The number of nitrogens with zero attached hydrogens (tertiary/aromatic N) is 5. The average molecular weight is 367 g/mol. The van der Waals surface area contributed by atoms with E-state index in [4.69, 9.17) is 0 Å². The van der Waals surface area contributed by atoms with E-state index in [0.717, 1.165) is 56.1 Å². The molecule has 4 heterocycles. The third kappa shape index (κ3) is 3.90. The second kappa shape index (κ2) is 7.43. The van der Waals surface area contributed by atoms with Gasteiger partial charge < -0.3 is 4.90 Å². The Labute approximate surface area is 161 Å².